The summed E-state index contributed by atoms with van der Waals surface area (Å²) in [6.07, 6.45) is -0.428. The van der Waals surface area contributed by atoms with Gasteiger partial charge in [-0.25, -0.2) is 19.0 Å². The van der Waals surface area contributed by atoms with Crippen molar-refractivity contribution in [1.29, 1.82) is 0 Å². The number of hydrogen-bond acceptors (Lipinski definition) is 12. The van der Waals surface area contributed by atoms with Gasteiger partial charge >= 0.3 is 12.1 Å². The van der Waals surface area contributed by atoms with Gasteiger partial charge in [-0.2, -0.15) is 9.49 Å². The maximum atomic E-state index is 15.4. The molecule has 5 aromatic rings. The molecule has 19 heteroatoms. The van der Waals surface area contributed by atoms with Crippen molar-refractivity contribution < 1.29 is 57.4 Å². The molecule has 5 N–H and O–H groups in total. The van der Waals surface area contributed by atoms with E-state index in [1.807, 2.05) is 6.92 Å². The molecule has 0 saturated carbocycles. The first-order chi connectivity index (χ1) is 29.4. The Hall–Kier alpha value is -6.15. The van der Waals surface area contributed by atoms with Crippen LogP contribution in [-0.4, -0.2) is 103 Å². The van der Waals surface area contributed by atoms with Crippen LogP contribution in [0.1, 0.15) is 61.3 Å². The summed E-state index contributed by atoms with van der Waals surface area (Å²) in [6.45, 7) is 5.32. The lowest BCUT2D eigenvalue weighted by Crippen LogP contribution is -2.42. The van der Waals surface area contributed by atoms with Gasteiger partial charge in [0.15, 0.2) is 17.7 Å². The molecule has 2 amide bonds. The highest BCUT2D eigenvalue weighted by molar-refractivity contribution is 5.92. The standard InChI is InChI=1S/C43H51F2N7O10/c1-24-29(40(43(2,3)58)49-51(24)6)14-16-59-39-30(9-10-31(44)38(39)45)26-8-12-35-47-20-27(52(35)21-26)22-50(5)42(57)60-23-25-7-11-33(32(17-25)48-36(54)13-15-46-4)61-37-19-28(53)18-34(62-37)41(55)56/h7-12,17,20-21,28,34,37,46,53,58H,13-16,18-19,22-23H2,1-6H3,(H,48,54)(H,55,56). The molecule has 0 aliphatic carbocycles. The highest BCUT2D eigenvalue weighted by atomic mass is 19.2. The van der Waals surface area contributed by atoms with Gasteiger partial charge in [-0.05, 0) is 69.8 Å². The van der Waals surface area contributed by atoms with E-state index < -0.39 is 47.8 Å². The highest BCUT2D eigenvalue weighted by Gasteiger charge is 2.34. The third-order valence-electron chi connectivity index (χ3n) is 10.4. The van der Waals surface area contributed by atoms with E-state index in [0.29, 0.717) is 34.7 Å². The lowest BCUT2D eigenvalue weighted by molar-refractivity contribution is -0.195. The minimum atomic E-state index is -1.27. The SMILES string of the molecule is CNCCC(=O)Nc1cc(COC(=O)N(C)Cc2cnc3ccc(-c4ccc(F)c(F)c4OCCc4c(C(C)(C)O)nn(C)c4C)cn23)ccc1OC1CC(O)CC(C(=O)O)O1. The predicted molar refractivity (Wildman–Crippen MR) is 220 cm³/mol. The smallest absolute Gasteiger partial charge is 0.410 e. The molecular formula is C43H51F2N7O10. The molecule has 1 fully saturated rings. The van der Waals surface area contributed by atoms with Gasteiger partial charge in [-0.3, -0.25) is 9.48 Å². The quantitative estimate of drug-likeness (QED) is 0.0851. The van der Waals surface area contributed by atoms with Gasteiger partial charge in [0.2, 0.25) is 18.0 Å². The Kier molecular flexibility index (Phi) is 14.1. The number of ether oxygens (including phenoxy) is 4. The number of amides is 2. The molecule has 3 atom stereocenters. The molecule has 6 rings (SSSR count). The van der Waals surface area contributed by atoms with E-state index >= 15 is 4.39 Å². The number of hydrogen-bond donors (Lipinski definition) is 5. The number of halogens is 2. The predicted octanol–water partition coefficient (Wildman–Crippen LogP) is 4.82. The third kappa shape index (κ3) is 10.6. The Morgan fingerprint density at radius 3 is 2.61 bits per heavy atom. The first kappa shape index (κ1) is 45.4. The molecule has 17 nitrogen and oxygen atoms in total. The number of carbonyl (C=O) groups is 3. The van der Waals surface area contributed by atoms with E-state index in [4.69, 9.17) is 18.9 Å². The van der Waals surface area contributed by atoms with Crippen molar-refractivity contribution in [2.45, 2.75) is 83.7 Å². The number of aryl methyl sites for hydroxylation is 1. The molecule has 62 heavy (non-hydrogen) atoms. The van der Waals surface area contributed by atoms with Crippen LogP contribution in [-0.2, 0) is 51.3 Å². The summed E-state index contributed by atoms with van der Waals surface area (Å²) in [5.74, 6) is -3.94. The van der Waals surface area contributed by atoms with Crippen molar-refractivity contribution in [3.05, 3.63) is 94.7 Å². The Morgan fingerprint density at radius 1 is 1.11 bits per heavy atom. The van der Waals surface area contributed by atoms with E-state index in [9.17, 15) is 34.1 Å². The third-order valence-corrected chi connectivity index (χ3v) is 10.4. The zero-order valence-electron chi connectivity index (χ0n) is 35.3. The van der Waals surface area contributed by atoms with Crippen LogP contribution >= 0.6 is 0 Å². The number of pyridine rings is 1. The van der Waals surface area contributed by atoms with Crippen molar-refractivity contribution in [3.8, 4) is 22.6 Å². The van der Waals surface area contributed by atoms with Gasteiger partial charge in [0, 0.05) is 74.9 Å². The average Bonchev–Trinajstić information content (AvgIpc) is 3.76. The Morgan fingerprint density at radius 2 is 1.89 bits per heavy atom. The number of imidazole rings is 1. The minimum Gasteiger partial charge on any atom is -0.489 e. The summed E-state index contributed by atoms with van der Waals surface area (Å²) in [4.78, 5) is 43.3. The maximum Gasteiger partial charge on any atom is 0.410 e. The number of aliphatic hydroxyl groups excluding tert-OH is 1. The molecule has 0 radical (unpaired) electrons. The number of nitrogens with zero attached hydrogens (tertiary/aromatic N) is 5. The van der Waals surface area contributed by atoms with Crippen molar-refractivity contribution in [2.75, 3.05) is 32.6 Å². The summed E-state index contributed by atoms with van der Waals surface area (Å²) in [5, 5.41) is 40.4. The zero-order chi connectivity index (χ0) is 44.9. The van der Waals surface area contributed by atoms with Crippen LogP contribution in [0.3, 0.4) is 0 Å². The second-order valence-corrected chi connectivity index (χ2v) is 15.6. The second kappa shape index (κ2) is 19.3. The topological polar surface area (TPSA) is 211 Å². The monoisotopic (exact) mass is 863 g/mol. The number of aromatic nitrogens is 4. The van der Waals surface area contributed by atoms with Crippen molar-refractivity contribution in [2.24, 2.45) is 7.05 Å². The van der Waals surface area contributed by atoms with Gasteiger partial charge in [0.05, 0.1) is 42.5 Å². The van der Waals surface area contributed by atoms with Crippen LogP contribution in [0, 0.1) is 18.6 Å². The molecule has 332 valence electrons. The number of carboxylic acid groups (broad SMARTS) is 1. The van der Waals surface area contributed by atoms with E-state index in [2.05, 4.69) is 20.7 Å². The Balaban J connectivity index is 1.14. The lowest BCUT2D eigenvalue weighted by atomic mass is 9.98. The minimum absolute atomic E-state index is 0.00997. The van der Waals surface area contributed by atoms with Crippen molar-refractivity contribution >= 4 is 29.3 Å². The number of anilines is 1. The Bertz CT molecular complexity index is 2430. The molecule has 4 heterocycles. The van der Waals surface area contributed by atoms with Gasteiger partial charge in [-0.1, -0.05) is 6.07 Å². The molecule has 2 aromatic carbocycles. The van der Waals surface area contributed by atoms with E-state index in [-0.39, 0.29) is 74.1 Å². The van der Waals surface area contributed by atoms with Crippen molar-refractivity contribution in [1.82, 2.24) is 29.4 Å². The molecule has 1 aliphatic heterocycles. The fourth-order valence-corrected chi connectivity index (χ4v) is 7.02. The van der Waals surface area contributed by atoms with Gasteiger partial charge in [-0.15, -0.1) is 0 Å². The molecule has 3 aromatic heterocycles. The van der Waals surface area contributed by atoms with Crippen LogP contribution < -0.4 is 20.1 Å². The van der Waals surface area contributed by atoms with Gasteiger partial charge < -0.3 is 54.2 Å². The van der Waals surface area contributed by atoms with Crippen LogP contribution in [0.5, 0.6) is 11.5 Å². The molecule has 0 spiro atoms. The van der Waals surface area contributed by atoms with Crippen LogP contribution in [0.4, 0.5) is 19.3 Å². The second-order valence-electron chi connectivity index (χ2n) is 15.6. The van der Waals surface area contributed by atoms with E-state index in [1.54, 1.807) is 73.7 Å². The first-order valence-electron chi connectivity index (χ1n) is 19.9. The highest BCUT2D eigenvalue weighted by Crippen LogP contribution is 2.36. The number of rotatable bonds is 17. The summed E-state index contributed by atoms with van der Waals surface area (Å²) in [6, 6.07) is 10.5. The maximum absolute atomic E-state index is 15.4. The number of carboxylic acids is 1. The van der Waals surface area contributed by atoms with E-state index in [0.717, 1.165) is 17.3 Å². The number of aliphatic carboxylic acids is 1. The molecule has 1 aliphatic rings. The normalized spacial score (nSPS) is 16.6. The van der Waals surface area contributed by atoms with Crippen LogP contribution in [0.2, 0.25) is 0 Å². The van der Waals surface area contributed by atoms with Crippen LogP contribution in [0.15, 0.2) is 54.9 Å². The summed E-state index contributed by atoms with van der Waals surface area (Å²) in [7, 11) is 5.00. The summed E-state index contributed by atoms with van der Waals surface area (Å²) < 4.78 is 56.4. The molecular weight excluding hydrogens is 813 g/mol. The summed E-state index contributed by atoms with van der Waals surface area (Å²) in [5.41, 5.74) is 3.38. The number of nitrogens with one attached hydrogen (secondary N) is 2. The average molecular weight is 864 g/mol. The van der Waals surface area contributed by atoms with Gasteiger partial charge in [0.25, 0.3) is 0 Å². The van der Waals surface area contributed by atoms with Crippen LogP contribution in [0.25, 0.3) is 16.8 Å². The number of benzene rings is 2. The molecule has 0 bridgehead atoms. The number of fused-ring (bicyclic) bond motifs is 1. The largest absolute Gasteiger partial charge is 0.489 e. The number of aliphatic hydroxyl groups is 2. The zero-order valence-corrected chi connectivity index (χ0v) is 35.3. The first-order valence-corrected chi connectivity index (χ1v) is 19.9. The molecule has 1 saturated heterocycles. The lowest BCUT2D eigenvalue weighted by Gasteiger charge is -2.31. The summed E-state index contributed by atoms with van der Waals surface area (Å²) >= 11 is 0. The van der Waals surface area contributed by atoms with Gasteiger partial charge in [0.1, 0.15) is 23.6 Å². The Labute approximate surface area is 356 Å². The van der Waals surface area contributed by atoms with E-state index in [1.165, 1.54) is 24.1 Å². The fraction of sp³-hybridized carbons (Fsp3) is 0.419. The van der Waals surface area contributed by atoms with Crippen molar-refractivity contribution in [3.63, 3.8) is 0 Å². The molecule has 3 unspecified atom stereocenters. The fourth-order valence-electron chi connectivity index (χ4n) is 7.02. The number of carbonyl (C=O) groups excluding carboxylic acids is 2.